The summed E-state index contributed by atoms with van der Waals surface area (Å²) < 4.78 is 11.8. The van der Waals surface area contributed by atoms with Gasteiger partial charge in [-0.3, -0.25) is 18.9 Å². The van der Waals surface area contributed by atoms with E-state index in [1.807, 2.05) is 23.2 Å². The summed E-state index contributed by atoms with van der Waals surface area (Å²) in [7, 11) is 4.21. The molecule has 1 aromatic rings. The van der Waals surface area contributed by atoms with E-state index in [1.54, 1.807) is 13.8 Å². The van der Waals surface area contributed by atoms with Crippen LogP contribution in [0.2, 0.25) is 0 Å². The third kappa shape index (κ3) is 5.43. The van der Waals surface area contributed by atoms with Crippen LogP contribution < -0.4 is 0 Å². The molecule has 1 heterocycles. The first-order valence-electron chi connectivity index (χ1n) is 7.35. The van der Waals surface area contributed by atoms with Gasteiger partial charge in [0.25, 0.3) is 0 Å². The normalized spacial score (nSPS) is 13.3. The predicted octanol–water partition coefficient (Wildman–Crippen LogP) is 3.43. The van der Waals surface area contributed by atoms with Crippen molar-refractivity contribution in [3.05, 3.63) is 33.6 Å². The van der Waals surface area contributed by atoms with Crippen molar-refractivity contribution in [3.63, 3.8) is 0 Å². The highest BCUT2D eigenvalue weighted by Crippen LogP contribution is 2.32. The number of nitrogens with zero attached hydrogens (tertiary/aromatic N) is 2. The average Bonchev–Trinajstić information content (AvgIpc) is 2.84. The van der Waals surface area contributed by atoms with Gasteiger partial charge in [0.05, 0.1) is 6.42 Å². The third-order valence-corrected chi connectivity index (χ3v) is 5.71. The summed E-state index contributed by atoms with van der Waals surface area (Å²) in [6.07, 6.45) is 1.20. The Hall–Kier alpha value is -0.650. The van der Waals surface area contributed by atoms with Crippen LogP contribution in [0.4, 0.5) is 0 Å². The maximum atomic E-state index is 12.2. The number of ketones is 1. The predicted molar refractivity (Wildman–Crippen MR) is 102 cm³/mol. The molecule has 1 aromatic heterocycles. The van der Waals surface area contributed by atoms with E-state index in [2.05, 4.69) is 21.2 Å². The summed E-state index contributed by atoms with van der Waals surface area (Å²) in [4.78, 5) is 23.6. The minimum atomic E-state index is -0.993. The third-order valence-electron chi connectivity index (χ3n) is 3.95. The van der Waals surface area contributed by atoms with Gasteiger partial charge in [-0.2, -0.15) is 0 Å². The van der Waals surface area contributed by atoms with Gasteiger partial charge in [-0.05, 0) is 18.6 Å². The van der Waals surface area contributed by atoms with Crippen LogP contribution in [0.1, 0.15) is 31.5 Å². The van der Waals surface area contributed by atoms with Gasteiger partial charge in [0, 0.05) is 73.2 Å². The fourth-order valence-electron chi connectivity index (χ4n) is 2.69. The van der Waals surface area contributed by atoms with E-state index in [-0.39, 0.29) is 23.5 Å². The molecule has 0 aliphatic carbocycles. The minimum Gasteiger partial charge on any atom is -0.349 e. The van der Waals surface area contributed by atoms with Gasteiger partial charge in [-0.1, -0.05) is 13.8 Å². The topological polar surface area (TPSA) is 83.6 Å². The number of aromatic nitrogens is 1. The maximum absolute atomic E-state index is 12.2. The second kappa shape index (κ2) is 9.16. The molecule has 0 aliphatic heterocycles. The van der Waals surface area contributed by atoms with E-state index >= 15 is 0 Å². The SMILES string of the molecule is COC(OC)C(=O)CC(C)(C)C(Cc1cc(C)cn1SI)[N+](=O)[O-]. The van der Waals surface area contributed by atoms with Gasteiger partial charge in [0.1, 0.15) is 0 Å². The van der Waals surface area contributed by atoms with Gasteiger partial charge in [0.2, 0.25) is 12.3 Å². The van der Waals surface area contributed by atoms with E-state index in [1.165, 1.54) is 23.3 Å². The highest BCUT2D eigenvalue weighted by atomic mass is 127. The van der Waals surface area contributed by atoms with Crippen molar-refractivity contribution in [2.45, 2.75) is 45.9 Å². The van der Waals surface area contributed by atoms with Crippen molar-refractivity contribution >= 4 is 36.1 Å². The Morgan fingerprint density at radius 2 is 2.04 bits per heavy atom. The van der Waals surface area contributed by atoms with Crippen LogP contribution in [0.15, 0.2) is 12.3 Å². The lowest BCUT2D eigenvalue weighted by atomic mass is 9.78. The molecule has 9 heteroatoms. The van der Waals surface area contributed by atoms with E-state index in [0.29, 0.717) is 0 Å². The number of methoxy groups -OCH3 is 2. The lowest BCUT2D eigenvalue weighted by Gasteiger charge is -2.28. The largest absolute Gasteiger partial charge is 0.349 e. The molecule has 0 radical (unpaired) electrons. The molecule has 7 nitrogen and oxygen atoms in total. The number of rotatable bonds is 10. The molecule has 1 atom stereocenters. The number of carbonyl (C=O) groups excluding carboxylic acids is 1. The first-order valence-corrected chi connectivity index (χ1v) is 10.7. The molecule has 24 heavy (non-hydrogen) atoms. The molecular formula is C15H23IN2O5S. The van der Waals surface area contributed by atoms with Crippen LogP contribution in [0.5, 0.6) is 0 Å². The number of carbonyl (C=O) groups is 1. The Morgan fingerprint density at radius 3 is 2.50 bits per heavy atom. The van der Waals surface area contributed by atoms with E-state index in [4.69, 9.17) is 9.47 Å². The Labute approximate surface area is 158 Å². The first kappa shape index (κ1) is 21.4. The molecular weight excluding hydrogens is 447 g/mol. The lowest BCUT2D eigenvalue weighted by Crippen LogP contribution is -2.42. The standard InChI is InChI=1S/C15H23IN2O5S/c1-10-6-11(17(9-10)24-16)7-13(18(20)21)15(2,3)8-12(19)14(22-4)23-5/h6,9,13-14H,7-8H2,1-5H3. The van der Waals surface area contributed by atoms with E-state index in [0.717, 1.165) is 11.3 Å². The Morgan fingerprint density at radius 1 is 1.46 bits per heavy atom. The minimum absolute atomic E-state index is 0.00205. The summed E-state index contributed by atoms with van der Waals surface area (Å²) in [6, 6.07) is 1.04. The summed E-state index contributed by atoms with van der Waals surface area (Å²) in [5.41, 5.74) is 1.07. The van der Waals surface area contributed by atoms with Crippen molar-refractivity contribution in [1.29, 1.82) is 0 Å². The number of hydrogen-bond acceptors (Lipinski definition) is 6. The Balaban J connectivity index is 3.01. The zero-order valence-corrected chi connectivity index (χ0v) is 17.4. The van der Waals surface area contributed by atoms with Crippen LogP contribution in [0.3, 0.4) is 0 Å². The molecule has 0 bridgehead atoms. The Bertz CT molecular complexity index is 586. The number of Topliss-reactive ketones (excluding diaryl/α,β-unsaturated/α-hetero) is 1. The monoisotopic (exact) mass is 470 g/mol. The number of halogens is 1. The van der Waals surface area contributed by atoms with Crippen LogP contribution in [0, 0.1) is 22.5 Å². The molecule has 0 aliphatic rings. The molecule has 0 spiro atoms. The smallest absolute Gasteiger partial charge is 0.224 e. The summed E-state index contributed by atoms with van der Waals surface area (Å²) in [6.45, 7) is 5.42. The maximum Gasteiger partial charge on any atom is 0.224 e. The van der Waals surface area contributed by atoms with Gasteiger partial charge in [-0.15, -0.1) is 0 Å². The van der Waals surface area contributed by atoms with Crippen LogP contribution in [-0.2, 0) is 20.7 Å². The van der Waals surface area contributed by atoms with Crippen molar-refractivity contribution in [1.82, 2.24) is 3.97 Å². The van der Waals surface area contributed by atoms with Crippen molar-refractivity contribution in [2.24, 2.45) is 5.41 Å². The molecule has 136 valence electrons. The first-order chi connectivity index (χ1) is 11.2. The summed E-state index contributed by atoms with van der Waals surface area (Å²) in [5, 5.41) is 11.7. The second-order valence-corrected chi connectivity index (χ2v) is 8.06. The molecule has 0 fully saturated rings. The summed E-state index contributed by atoms with van der Waals surface area (Å²) in [5.74, 6) is -0.299. The molecule has 0 N–H and O–H groups in total. The van der Waals surface area contributed by atoms with Gasteiger partial charge in [0.15, 0.2) is 5.78 Å². The number of nitro groups is 1. The molecule has 0 amide bonds. The number of hydrogen-bond donors (Lipinski definition) is 0. The van der Waals surface area contributed by atoms with Gasteiger partial charge < -0.3 is 9.47 Å². The van der Waals surface area contributed by atoms with Crippen molar-refractivity contribution in [2.75, 3.05) is 14.2 Å². The molecule has 1 rings (SSSR count). The van der Waals surface area contributed by atoms with Crippen LogP contribution >= 0.6 is 30.3 Å². The number of ether oxygens (including phenoxy) is 2. The van der Waals surface area contributed by atoms with Gasteiger partial charge in [-0.25, -0.2) is 0 Å². The lowest BCUT2D eigenvalue weighted by molar-refractivity contribution is -0.540. The van der Waals surface area contributed by atoms with Gasteiger partial charge >= 0.3 is 0 Å². The van der Waals surface area contributed by atoms with Crippen LogP contribution in [0.25, 0.3) is 0 Å². The fourth-order valence-corrected chi connectivity index (χ4v) is 4.21. The zero-order valence-electron chi connectivity index (χ0n) is 14.4. The Kier molecular flexibility index (Phi) is 8.16. The molecule has 0 aromatic carbocycles. The van der Waals surface area contributed by atoms with E-state index < -0.39 is 17.7 Å². The molecule has 0 saturated heterocycles. The molecule has 1 unspecified atom stereocenters. The highest BCUT2D eigenvalue weighted by molar-refractivity contribution is 14.2. The average molecular weight is 470 g/mol. The van der Waals surface area contributed by atoms with Crippen molar-refractivity contribution < 1.29 is 19.2 Å². The second-order valence-electron chi connectivity index (χ2n) is 6.34. The molecule has 0 saturated carbocycles. The van der Waals surface area contributed by atoms with Crippen molar-refractivity contribution in [3.8, 4) is 0 Å². The zero-order chi connectivity index (χ0) is 18.5. The number of aryl methyl sites for hydroxylation is 1. The summed E-state index contributed by atoms with van der Waals surface area (Å²) >= 11 is 2.14. The van der Waals surface area contributed by atoms with E-state index in [9.17, 15) is 14.9 Å². The highest BCUT2D eigenvalue weighted by Gasteiger charge is 2.42. The van der Waals surface area contributed by atoms with Crippen LogP contribution in [-0.4, -0.2) is 41.2 Å². The quantitative estimate of drug-likeness (QED) is 0.226. The fraction of sp³-hybridized carbons (Fsp3) is 0.667.